The second-order valence-corrected chi connectivity index (χ2v) is 36.5. The second-order valence-electron chi connectivity index (χ2n) is 35.6. The molecule has 7 heterocycles. The monoisotopic (exact) mass is 1830 g/mol. The quantitative estimate of drug-likeness (QED) is 0.0547. The molecular weight excluding hydrogens is 1740 g/mol. The van der Waals surface area contributed by atoms with Crippen LogP contribution in [0.15, 0.2) is 128 Å². The third-order valence-corrected chi connectivity index (χ3v) is 22.8. The molecule has 4 amide bonds. The number of aliphatic hydroxyl groups is 2. The van der Waals surface area contributed by atoms with Crippen LogP contribution in [0.3, 0.4) is 0 Å². The summed E-state index contributed by atoms with van der Waals surface area (Å²) in [4.78, 5) is 81.6. The maximum absolute atomic E-state index is 16.0. The van der Waals surface area contributed by atoms with E-state index in [1.807, 2.05) is 6.92 Å². The number of amidine groups is 4. The molecule has 126 heavy (non-hydrogen) atoms. The average Bonchev–Trinajstić information content (AvgIpc) is 1.24. The van der Waals surface area contributed by atoms with Gasteiger partial charge in [0.15, 0.2) is 0 Å². The number of halogens is 12. The zero-order valence-corrected chi connectivity index (χ0v) is 73.0. The van der Waals surface area contributed by atoms with Crippen LogP contribution in [0.5, 0.6) is 0 Å². The normalized spacial score (nSPS) is 25.3. The van der Waals surface area contributed by atoms with Crippen LogP contribution in [0.25, 0.3) is 33.4 Å². The number of rotatable bonds is 15. The number of nitrogens with zero attached hydrogens (tertiary/aromatic N) is 9. The number of benzene rings is 4. The largest absolute Gasteiger partial charge is 0.462 e. The molecule has 676 valence electrons. The molecule has 0 spiro atoms. The van der Waals surface area contributed by atoms with E-state index in [2.05, 4.69) is 50.9 Å². The fourth-order valence-electron chi connectivity index (χ4n) is 16.3. The molecule has 0 radical (unpaired) electrons. The highest BCUT2D eigenvalue weighted by atomic mass is 79.9. The Labute approximate surface area is 727 Å². The van der Waals surface area contributed by atoms with Gasteiger partial charge in [0.2, 0.25) is 0 Å². The van der Waals surface area contributed by atoms with Gasteiger partial charge >= 0.3 is 36.4 Å². The van der Waals surface area contributed by atoms with E-state index in [0.717, 1.165) is 56.6 Å². The topological polar surface area (TPSA) is 329 Å². The first kappa shape index (κ1) is 94.1. The number of hydrogen-bond acceptors (Lipinski definition) is 21. The number of alkyl halides is 4. The van der Waals surface area contributed by atoms with Crippen LogP contribution in [0, 0.1) is 64.4 Å². The number of aliphatic hydroxyl groups excluding tert-OH is 2. The SMILES string of the molecule is CC(C)(C)OC(=O)N=C1OC2C[C@@H]2[C@@](CF)(c2cc(-c3cncc(F)c3)c(CO)cc2F)N1C(=O)OC(C)(C)C.CCc1cc(F)c([C@@]2(CF)N=C(N)O[C@@H]3C[C@@H]32)cc1Br.CCc1cc(F)c([C@]2(CF)[C@H]3CC3OC(=NC(=O)OC(C)(C)C)N2C(=O)OC(C)(C)C)cc1-c1cncc(F)c1.NC1=N[C@](CF)(c2cc(-c3cncc(F)c3)c(CO)cc2F)[C@H]2CC2O1. The molecule has 15 rings (SSSR count). The van der Waals surface area contributed by atoms with Crippen molar-refractivity contribution < 1.29 is 116 Å². The number of nitrogens with two attached hydrogens (primary N) is 2. The lowest BCUT2D eigenvalue weighted by Crippen LogP contribution is -2.61. The number of fused-ring (bicyclic) bond motifs is 4. The number of aliphatic imine (C=N–C) groups is 4. The Bertz CT molecular complexity index is 5290. The predicted molar refractivity (Wildman–Crippen MR) is 443 cm³/mol. The van der Waals surface area contributed by atoms with Crippen molar-refractivity contribution >= 4 is 64.4 Å². The Balaban J connectivity index is 0.000000158. The Morgan fingerprint density at radius 1 is 0.437 bits per heavy atom. The molecule has 4 aromatic carbocycles. The van der Waals surface area contributed by atoms with Gasteiger partial charge in [0.05, 0.1) is 31.8 Å². The van der Waals surface area contributed by atoms with Crippen LogP contribution in [-0.4, -0.2) is 157 Å². The summed E-state index contributed by atoms with van der Waals surface area (Å²) >= 11 is 3.41. The Hall–Kier alpha value is -11.1. The van der Waals surface area contributed by atoms with Gasteiger partial charge in [-0.2, -0.15) is 0 Å². The summed E-state index contributed by atoms with van der Waals surface area (Å²) < 4.78 is 206. The van der Waals surface area contributed by atoms with Crippen LogP contribution in [-0.2, 0) is 86.1 Å². The van der Waals surface area contributed by atoms with E-state index < -0.39 is 186 Å². The number of aryl methyl sites for hydroxylation is 2. The van der Waals surface area contributed by atoms with Crippen molar-refractivity contribution in [3.63, 3.8) is 0 Å². The molecule has 6 fully saturated rings. The van der Waals surface area contributed by atoms with Gasteiger partial charge in [-0.3, -0.25) is 15.0 Å². The first-order valence-electron chi connectivity index (χ1n) is 40.5. The first-order valence-corrected chi connectivity index (χ1v) is 41.3. The van der Waals surface area contributed by atoms with Crippen molar-refractivity contribution in [2.24, 2.45) is 55.1 Å². The molecular formula is C89H97BrF11N11O14. The fourth-order valence-corrected chi connectivity index (χ4v) is 16.9. The van der Waals surface area contributed by atoms with E-state index in [4.69, 9.17) is 49.4 Å². The standard InChI is InChI=1S/C29H34F3N3O5.C28H32F3N3O6.C18H16F3N3O2.C14H15BrF2N2O/c1-8-16-10-22(32)20(11-19(16)17-9-18(31)14-33-13-17)29(15-30)21-12-23(21)38-24(34-25(36)39-27(2,3)4)35(29)26(37)40-28(5,6)7;1-26(2,3)39-24(36)33-23-34(25(37)40-27(4,5)6)28(14-29,20-10-22(20)38-23)19-9-18(16(13-35)8-21(19)31)15-7-17(30)12-32-11-15;19-8-18(14-4-16(14)26-17(22)24-18)13-3-12(10(7-25)2-15(13)21)9-1-11(20)6-23-5-9;1-2-7-3-11(17)8(4-10(7)15)14(6-16)9-5-12(9)20-13(18)19-14/h9-11,13-14,21,23H,8,12,15H2,1-7H3;7-9,11-12,20,22,35H,10,13-14H2,1-6H3;1-3,5-6,14,16,25H,4,7-8H2,(H2,22,24);3-4,9,12H,2,5-6H2,1H3,(H2,18,19)/t21-,23?,29+;20-,22?,28+;14-,16?,18+;9-,12+,14+/m0000/s1. The van der Waals surface area contributed by atoms with Crippen LogP contribution < -0.4 is 11.5 Å². The molecule has 4 saturated carbocycles. The number of carbonyl (C=O) groups is 4. The molecule has 0 bridgehead atoms. The minimum Gasteiger partial charge on any atom is -0.462 e. The van der Waals surface area contributed by atoms with Gasteiger partial charge in [-0.05, 0) is 227 Å². The van der Waals surface area contributed by atoms with E-state index in [0.29, 0.717) is 53.5 Å². The van der Waals surface area contributed by atoms with Crippen molar-refractivity contribution in [1.29, 1.82) is 0 Å². The second kappa shape index (κ2) is 36.0. The average molecular weight is 1830 g/mol. The highest BCUT2D eigenvalue weighted by molar-refractivity contribution is 9.10. The number of aromatic nitrogens is 3. The summed E-state index contributed by atoms with van der Waals surface area (Å²) in [7, 11) is 0. The number of carbonyl (C=O) groups excluding carboxylic acids is 4. The summed E-state index contributed by atoms with van der Waals surface area (Å²) in [5, 5.41) is 19.5. The number of amides is 4. The molecule has 6 N–H and O–H groups in total. The minimum absolute atomic E-state index is 0.00945. The zero-order chi connectivity index (χ0) is 92.2. The van der Waals surface area contributed by atoms with Gasteiger partial charge in [-0.25, -0.2) is 87.3 Å². The van der Waals surface area contributed by atoms with Crippen LogP contribution >= 0.6 is 15.9 Å². The van der Waals surface area contributed by atoms with Gasteiger partial charge in [0, 0.05) is 85.7 Å². The summed E-state index contributed by atoms with van der Waals surface area (Å²) in [6.07, 6.45) is 3.78. The Morgan fingerprint density at radius 3 is 1.07 bits per heavy atom. The maximum Gasteiger partial charge on any atom is 0.438 e. The molecule has 12 atom stereocenters. The lowest BCUT2D eigenvalue weighted by Gasteiger charge is -2.45. The number of ether oxygens (including phenoxy) is 8. The molecule has 3 unspecified atom stereocenters. The highest BCUT2D eigenvalue weighted by Gasteiger charge is 2.69. The molecule has 7 aromatic rings. The summed E-state index contributed by atoms with van der Waals surface area (Å²) in [6.45, 7) is 17.7. The first-order chi connectivity index (χ1) is 59.2. The van der Waals surface area contributed by atoms with Gasteiger partial charge in [-0.15, -0.1) is 9.98 Å². The van der Waals surface area contributed by atoms with Crippen LogP contribution in [0.4, 0.5) is 67.5 Å². The van der Waals surface area contributed by atoms with Crippen LogP contribution in [0.2, 0.25) is 0 Å². The molecule has 8 aliphatic rings. The minimum atomic E-state index is -2.06. The van der Waals surface area contributed by atoms with E-state index in [1.54, 1.807) is 96.1 Å². The Morgan fingerprint density at radius 2 is 0.746 bits per heavy atom. The van der Waals surface area contributed by atoms with E-state index in [-0.39, 0.29) is 93.4 Å². The van der Waals surface area contributed by atoms with Gasteiger partial charge in [-0.1, -0.05) is 29.8 Å². The summed E-state index contributed by atoms with van der Waals surface area (Å²) in [5.41, 5.74) is 3.95. The fraction of sp³-hybridized carbons (Fsp3) is 0.472. The van der Waals surface area contributed by atoms with Crippen LogP contribution in [0.1, 0.15) is 167 Å². The third-order valence-electron chi connectivity index (χ3n) is 22.1. The van der Waals surface area contributed by atoms with Crippen molar-refractivity contribution in [3.8, 4) is 33.4 Å². The molecule has 4 aliphatic heterocycles. The molecule has 25 nitrogen and oxygen atoms in total. The van der Waals surface area contributed by atoms with Crippen molar-refractivity contribution in [2.45, 2.75) is 218 Å². The highest BCUT2D eigenvalue weighted by Crippen LogP contribution is 2.60. The van der Waals surface area contributed by atoms with E-state index in [1.165, 1.54) is 61.1 Å². The van der Waals surface area contributed by atoms with Crippen molar-refractivity contribution in [1.82, 2.24) is 24.8 Å². The number of hydrogen-bond donors (Lipinski definition) is 4. The van der Waals surface area contributed by atoms with E-state index >= 15 is 17.6 Å². The van der Waals surface area contributed by atoms with E-state index in [9.17, 15) is 60.1 Å². The third kappa shape index (κ3) is 19.6. The van der Waals surface area contributed by atoms with Gasteiger partial charge in [0.25, 0.3) is 12.0 Å². The number of pyridine rings is 3. The lowest BCUT2D eigenvalue weighted by atomic mass is 9.80. The van der Waals surface area contributed by atoms with Crippen molar-refractivity contribution in [3.05, 3.63) is 194 Å². The molecule has 2 saturated heterocycles. The van der Waals surface area contributed by atoms with Gasteiger partial charge in [0.1, 0.15) is 136 Å². The Kier molecular flexibility index (Phi) is 26.9. The van der Waals surface area contributed by atoms with Crippen molar-refractivity contribution in [2.75, 3.05) is 26.7 Å². The summed E-state index contributed by atoms with van der Waals surface area (Å²) in [5.74, 6) is -6.60. The predicted octanol–water partition coefficient (Wildman–Crippen LogP) is 17.8. The molecule has 37 heteroatoms. The van der Waals surface area contributed by atoms with Gasteiger partial charge < -0.3 is 59.6 Å². The smallest absolute Gasteiger partial charge is 0.438 e. The lowest BCUT2D eigenvalue weighted by molar-refractivity contribution is -0.0230. The summed E-state index contributed by atoms with van der Waals surface area (Å²) in [6, 6.07) is 12.7. The maximum atomic E-state index is 16.0. The zero-order valence-electron chi connectivity index (χ0n) is 71.4. The molecule has 3 aromatic heterocycles. The molecule has 4 aliphatic carbocycles.